The average molecular weight is 227 g/mol. The van der Waals surface area contributed by atoms with Crippen LogP contribution in [0.2, 0.25) is 0 Å². The fourth-order valence-corrected chi connectivity index (χ4v) is 1.90. The van der Waals surface area contributed by atoms with Gasteiger partial charge in [0.15, 0.2) is 0 Å². The number of nitrogens with one attached hydrogen (secondary N) is 1. The summed E-state index contributed by atoms with van der Waals surface area (Å²) in [4.78, 5) is 24.5. The molecule has 1 aliphatic rings. The molecule has 1 saturated heterocycles. The Morgan fingerprint density at radius 2 is 2.25 bits per heavy atom. The molecule has 5 nitrogen and oxygen atoms in total. The summed E-state index contributed by atoms with van der Waals surface area (Å²) in [5.74, 6) is 0.341. The van der Waals surface area contributed by atoms with Gasteiger partial charge in [-0.3, -0.25) is 9.59 Å². The molecular formula is C11H21N3O2. The van der Waals surface area contributed by atoms with Crippen molar-refractivity contribution in [2.24, 2.45) is 11.7 Å². The van der Waals surface area contributed by atoms with Crippen LogP contribution in [0.4, 0.5) is 0 Å². The summed E-state index contributed by atoms with van der Waals surface area (Å²) in [6.07, 6.45) is 1.35. The van der Waals surface area contributed by atoms with Crippen molar-refractivity contribution in [2.75, 3.05) is 19.6 Å². The third-order valence-electron chi connectivity index (χ3n) is 2.87. The zero-order chi connectivity index (χ0) is 12.1. The van der Waals surface area contributed by atoms with Gasteiger partial charge in [0, 0.05) is 32.5 Å². The molecule has 0 aromatic heterocycles. The average Bonchev–Trinajstić information content (AvgIpc) is 2.65. The number of nitrogens with zero attached hydrogens (tertiary/aromatic N) is 1. The third-order valence-corrected chi connectivity index (χ3v) is 2.87. The van der Waals surface area contributed by atoms with E-state index in [-0.39, 0.29) is 23.8 Å². The number of likely N-dealkylation sites (tertiary alicyclic amines) is 1. The van der Waals surface area contributed by atoms with Gasteiger partial charge in [-0.25, -0.2) is 0 Å². The van der Waals surface area contributed by atoms with Crippen molar-refractivity contribution in [3.05, 3.63) is 0 Å². The van der Waals surface area contributed by atoms with Gasteiger partial charge in [-0.1, -0.05) is 6.92 Å². The van der Waals surface area contributed by atoms with E-state index in [4.69, 9.17) is 5.73 Å². The zero-order valence-corrected chi connectivity index (χ0v) is 10.0. The largest absolute Gasteiger partial charge is 0.352 e. The molecule has 5 heteroatoms. The predicted octanol–water partition coefficient (Wildman–Crippen LogP) is -0.292. The Labute approximate surface area is 96.4 Å². The van der Waals surface area contributed by atoms with Crippen molar-refractivity contribution >= 4 is 11.8 Å². The number of carbonyl (C=O) groups excluding carboxylic acids is 2. The SMILES string of the molecule is CC(=O)NC1CCN(C(=O)CC(C)CN)C1. The fourth-order valence-electron chi connectivity index (χ4n) is 1.90. The summed E-state index contributed by atoms with van der Waals surface area (Å²) < 4.78 is 0. The van der Waals surface area contributed by atoms with Gasteiger partial charge < -0.3 is 16.0 Å². The van der Waals surface area contributed by atoms with Crippen LogP contribution in [0.3, 0.4) is 0 Å². The van der Waals surface area contributed by atoms with E-state index < -0.39 is 0 Å². The molecule has 0 bridgehead atoms. The predicted molar refractivity (Wildman–Crippen MR) is 61.6 cm³/mol. The van der Waals surface area contributed by atoms with Crippen LogP contribution in [0.5, 0.6) is 0 Å². The Morgan fingerprint density at radius 1 is 1.56 bits per heavy atom. The molecule has 0 spiro atoms. The van der Waals surface area contributed by atoms with E-state index in [1.807, 2.05) is 11.8 Å². The van der Waals surface area contributed by atoms with Gasteiger partial charge >= 0.3 is 0 Å². The molecule has 0 radical (unpaired) electrons. The quantitative estimate of drug-likeness (QED) is 0.693. The number of hydrogen-bond acceptors (Lipinski definition) is 3. The molecular weight excluding hydrogens is 206 g/mol. The lowest BCUT2D eigenvalue weighted by atomic mass is 10.1. The van der Waals surface area contributed by atoms with E-state index in [1.54, 1.807) is 0 Å². The highest BCUT2D eigenvalue weighted by molar-refractivity contribution is 5.77. The molecule has 2 atom stereocenters. The maximum atomic E-state index is 11.8. The van der Waals surface area contributed by atoms with Crippen LogP contribution in [-0.4, -0.2) is 42.4 Å². The molecule has 0 saturated carbocycles. The van der Waals surface area contributed by atoms with Crippen molar-refractivity contribution in [3.63, 3.8) is 0 Å². The van der Waals surface area contributed by atoms with Crippen molar-refractivity contribution in [2.45, 2.75) is 32.7 Å². The van der Waals surface area contributed by atoms with Gasteiger partial charge in [0.1, 0.15) is 0 Å². The normalized spacial score (nSPS) is 21.9. The number of rotatable bonds is 4. The lowest BCUT2D eigenvalue weighted by Gasteiger charge is -2.18. The second-order valence-electron chi connectivity index (χ2n) is 4.57. The van der Waals surface area contributed by atoms with E-state index >= 15 is 0 Å². The minimum Gasteiger partial charge on any atom is -0.352 e. The highest BCUT2D eigenvalue weighted by atomic mass is 16.2. The van der Waals surface area contributed by atoms with E-state index in [9.17, 15) is 9.59 Å². The van der Waals surface area contributed by atoms with Crippen LogP contribution in [0.15, 0.2) is 0 Å². The second kappa shape index (κ2) is 5.84. The monoisotopic (exact) mass is 227 g/mol. The number of hydrogen-bond donors (Lipinski definition) is 2. The van der Waals surface area contributed by atoms with Crippen molar-refractivity contribution in [1.29, 1.82) is 0 Å². The first-order valence-corrected chi connectivity index (χ1v) is 5.78. The smallest absolute Gasteiger partial charge is 0.222 e. The summed E-state index contributed by atoms with van der Waals surface area (Å²) in [7, 11) is 0. The highest BCUT2D eigenvalue weighted by Gasteiger charge is 2.26. The highest BCUT2D eigenvalue weighted by Crippen LogP contribution is 2.12. The van der Waals surface area contributed by atoms with E-state index in [1.165, 1.54) is 6.92 Å². The summed E-state index contributed by atoms with van der Waals surface area (Å²) in [6, 6.07) is 0.120. The van der Waals surface area contributed by atoms with Crippen LogP contribution < -0.4 is 11.1 Å². The van der Waals surface area contributed by atoms with Crippen LogP contribution in [0.25, 0.3) is 0 Å². The zero-order valence-electron chi connectivity index (χ0n) is 10.0. The fraction of sp³-hybridized carbons (Fsp3) is 0.818. The number of carbonyl (C=O) groups is 2. The van der Waals surface area contributed by atoms with E-state index in [0.29, 0.717) is 19.5 Å². The minimum absolute atomic E-state index is 0.0328. The Kier molecular flexibility index (Phi) is 4.73. The Hall–Kier alpha value is -1.10. The summed E-state index contributed by atoms with van der Waals surface area (Å²) in [5.41, 5.74) is 5.48. The van der Waals surface area contributed by atoms with E-state index in [0.717, 1.165) is 13.0 Å². The van der Waals surface area contributed by atoms with Crippen LogP contribution in [0, 0.1) is 5.92 Å². The molecule has 2 unspecified atom stereocenters. The van der Waals surface area contributed by atoms with Crippen LogP contribution >= 0.6 is 0 Å². The molecule has 0 aliphatic carbocycles. The third kappa shape index (κ3) is 3.81. The lowest BCUT2D eigenvalue weighted by Crippen LogP contribution is -2.37. The van der Waals surface area contributed by atoms with E-state index in [2.05, 4.69) is 5.32 Å². The first-order valence-electron chi connectivity index (χ1n) is 5.78. The summed E-state index contributed by atoms with van der Waals surface area (Å²) >= 11 is 0. The van der Waals surface area contributed by atoms with Gasteiger partial charge in [0.2, 0.25) is 11.8 Å². The molecule has 0 aromatic carbocycles. The van der Waals surface area contributed by atoms with Gasteiger partial charge in [-0.2, -0.15) is 0 Å². The Bertz CT molecular complexity index is 268. The standard InChI is InChI=1S/C11H21N3O2/c1-8(6-12)5-11(16)14-4-3-10(7-14)13-9(2)15/h8,10H,3-7,12H2,1-2H3,(H,13,15). The first kappa shape index (κ1) is 13.0. The number of amides is 2. The van der Waals surface area contributed by atoms with Gasteiger partial charge in [-0.15, -0.1) is 0 Å². The molecule has 92 valence electrons. The number of nitrogens with two attached hydrogens (primary N) is 1. The maximum absolute atomic E-state index is 11.8. The topological polar surface area (TPSA) is 75.4 Å². The molecule has 1 heterocycles. The second-order valence-corrected chi connectivity index (χ2v) is 4.57. The molecule has 3 N–H and O–H groups in total. The van der Waals surface area contributed by atoms with Gasteiger partial charge in [-0.05, 0) is 18.9 Å². The van der Waals surface area contributed by atoms with Gasteiger partial charge in [0.05, 0.1) is 0 Å². The van der Waals surface area contributed by atoms with Gasteiger partial charge in [0.25, 0.3) is 0 Å². The molecule has 1 aliphatic heterocycles. The Balaban J connectivity index is 2.34. The van der Waals surface area contributed by atoms with Crippen LogP contribution in [-0.2, 0) is 9.59 Å². The van der Waals surface area contributed by atoms with Crippen molar-refractivity contribution in [1.82, 2.24) is 10.2 Å². The van der Waals surface area contributed by atoms with Crippen molar-refractivity contribution in [3.8, 4) is 0 Å². The molecule has 1 rings (SSSR count). The summed E-state index contributed by atoms with van der Waals surface area (Å²) in [6.45, 7) is 5.38. The minimum atomic E-state index is -0.0328. The molecule has 1 fully saturated rings. The summed E-state index contributed by atoms with van der Waals surface area (Å²) in [5, 5.41) is 2.84. The maximum Gasteiger partial charge on any atom is 0.222 e. The molecule has 0 aromatic rings. The van der Waals surface area contributed by atoms with Crippen LogP contribution in [0.1, 0.15) is 26.7 Å². The lowest BCUT2D eigenvalue weighted by molar-refractivity contribution is -0.131. The molecule has 16 heavy (non-hydrogen) atoms. The Morgan fingerprint density at radius 3 is 2.81 bits per heavy atom. The molecule has 2 amide bonds. The van der Waals surface area contributed by atoms with Crippen molar-refractivity contribution < 1.29 is 9.59 Å². The first-order chi connectivity index (χ1) is 7.52.